The average molecular weight is 331 g/mol. The van der Waals surface area contributed by atoms with E-state index in [1.165, 1.54) is 11.8 Å². The second-order valence-electron chi connectivity index (χ2n) is 5.13. The molecule has 0 aromatic heterocycles. The van der Waals surface area contributed by atoms with E-state index < -0.39 is 0 Å². The maximum Gasteiger partial charge on any atom is 0.237 e. The fourth-order valence-electron chi connectivity index (χ4n) is 2.07. The second-order valence-corrected chi connectivity index (χ2v) is 6.54. The molecular weight excluding hydrogens is 310 g/mol. The number of carbonyl (C=O) groups is 1. The highest BCUT2D eigenvalue weighted by Gasteiger charge is 2.16. The number of amides is 1. The number of ether oxygens (including phenoxy) is 2. The number of rotatable bonds is 6. The number of carbonyl (C=O) groups excluding carboxylic acids is 1. The molecule has 23 heavy (non-hydrogen) atoms. The van der Waals surface area contributed by atoms with E-state index in [1.807, 2.05) is 56.3 Å². The summed E-state index contributed by atoms with van der Waals surface area (Å²) in [5.74, 6) is 1.40. The predicted molar refractivity (Wildman–Crippen MR) is 94.7 cm³/mol. The van der Waals surface area contributed by atoms with Crippen molar-refractivity contribution in [3.8, 4) is 11.5 Å². The van der Waals surface area contributed by atoms with Crippen molar-refractivity contribution in [2.45, 2.75) is 24.0 Å². The molecule has 0 heterocycles. The van der Waals surface area contributed by atoms with Gasteiger partial charge in [0.05, 0.1) is 25.2 Å². The maximum atomic E-state index is 12.4. The SMILES string of the molecule is COc1ccc(S[C@@H](C)C(=O)Nc2cc(C)ccc2OC)cc1. The number of thioether (sulfide) groups is 1. The summed E-state index contributed by atoms with van der Waals surface area (Å²) in [5.41, 5.74) is 1.76. The molecule has 2 rings (SSSR count). The van der Waals surface area contributed by atoms with Crippen LogP contribution in [-0.4, -0.2) is 25.4 Å². The summed E-state index contributed by atoms with van der Waals surface area (Å²) in [6, 6.07) is 13.4. The Labute approximate surface area is 141 Å². The summed E-state index contributed by atoms with van der Waals surface area (Å²) in [5, 5.41) is 2.71. The van der Waals surface area contributed by atoms with E-state index in [9.17, 15) is 4.79 Å². The van der Waals surface area contributed by atoms with E-state index in [0.717, 1.165) is 16.2 Å². The Balaban J connectivity index is 2.03. The van der Waals surface area contributed by atoms with Gasteiger partial charge in [0, 0.05) is 4.90 Å². The van der Waals surface area contributed by atoms with Crippen LogP contribution in [0.1, 0.15) is 12.5 Å². The van der Waals surface area contributed by atoms with Gasteiger partial charge in [-0.05, 0) is 55.8 Å². The van der Waals surface area contributed by atoms with E-state index in [1.54, 1.807) is 14.2 Å². The Morgan fingerprint density at radius 3 is 2.39 bits per heavy atom. The van der Waals surface area contributed by atoms with E-state index >= 15 is 0 Å². The summed E-state index contributed by atoms with van der Waals surface area (Å²) >= 11 is 1.50. The molecule has 2 aromatic rings. The van der Waals surface area contributed by atoms with Gasteiger partial charge >= 0.3 is 0 Å². The smallest absolute Gasteiger partial charge is 0.237 e. The monoisotopic (exact) mass is 331 g/mol. The molecule has 0 unspecified atom stereocenters. The van der Waals surface area contributed by atoms with Gasteiger partial charge in [0.25, 0.3) is 0 Å². The Kier molecular flexibility index (Phi) is 5.93. The van der Waals surface area contributed by atoms with Crippen molar-refractivity contribution in [2.75, 3.05) is 19.5 Å². The number of hydrogen-bond donors (Lipinski definition) is 1. The highest BCUT2D eigenvalue weighted by Crippen LogP contribution is 2.29. The molecule has 0 aliphatic rings. The molecule has 0 radical (unpaired) electrons. The van der Waals surface area contributed by atoms with Crippen LogP contribution < -0.4 is 14.8 Å². The summed E-state index contributed by atoms with van der Waals surface area (Å²) in [4.78, 5) is 13.4. The molecule has 0 spiro atoms. The minimum absolute atomic E-state index is 0.0604. The number of benzene rings is 2. The Morgan fingerprint density at radius 1 is 1.09 bits per heavy atom. The third-order valence-corrected chi connectivity index (χ3v) is 4.47. The third-order valence-electron chi connectivity index (χ3n) is 3.35. The van der Waals surface area contributed by atoms with Crippen LogP contribution in [0.15, 0.2) is 47.4 Å². The quantitative estimate of drug-likeness (QED) is 0.809. The lowest BCUT2D eigenvalue weighted by Gasteiger charge is -2.15. The molecule has 0 aliphatic heterocycles. The molecular formula is C18H21NO3S. The Hall–Kier alpha value is -2.14. The molecule has 0 saturated heterocycles. The highest BCUT2D eigenvalue weighted by atomic mass is 32.2. The first-order valence-electron chi connectivity index (χ1n) is 7.29. The van der Waals surface area contributed by atoms with Gasteiger partial charge in [0.15, 0.2) is 0 Å². The second kappa shape index (κ2) is 7.92. The van der Waals surface area contributed by atoms with Gasteiger partial charge < -0.3 is 14.8 Å². The third kappa shape index (κ3) is 4.66. The van der Waals surface area contributed by atoms with Crippen LogP contribution in [0, 0.1) is 6.92 Å². The fraction of sp³-hybridized carbons (Fsp3) is 0.278. The van der Waals surface area contributed by atoms with Gasteiger partial charge in [-0.3, -0.25) is 4.79 Å². The van der Waals surface area contributed by atoms with Crippen molar-refractivity contribution in [3.63, 3.8) is 0 Å². The average Bonchev–Trinajstić information content (AvgIpc) is 2.55. The van der Waals surface area contributed by atoms with Crippen molar-refractivity contribution in [1.29, 1.82) is 0 Å². The minimum Gasteiger partial charge on any atom is -0.497 e. The molecule has 122 valence electrons. The predicted octanol–water partition coefficient (Wildman–Crippen LogP) is 4.13. The van der Waals surface area contributed by atoms with Crippen molar-refractivity contribution in [1.82, 2.24) is 0 Å². The Bertz CT molecular complexity index is 670. The van der Waals surface area contributed by atoms with E-state index in [-0.39, 0.29) is 11.2 Å². The molecule has 5 heteroatoms. The van der Waals surface area contributed by atoms with E-state index in [0.29, 0.717) is 11.4 Å². The zero-order chi connectivity index (χ0) is 16.8. The standard InChI is InChI=1S/C18H21NO3S/c1-12-5-10-17(22-4)16(11-12)19-18(20)13(2)23-15-8-6-14(21-3)7-9-15/h5-11,13H,1-4H3,(H,19,20)/t13-/m0/s1. The molecule has 2 aromatic carbocycles. The van der Waals surface area contributed by atoms with Gasteiger partial charge in [0.2, 0.25) is 5.91 Å². The van der Waals surface area contributed by atoms with Crippen LogP contribution in [0.4, 0.5) is 5.69 Å². The molecule has 0 fully saturated rings. The highest BCUT2D eigenvalue weighted by molar-refractivity contribution is 8.00. The summed E-state index contributed by atoms with van der Waals surface area (Å²) in [6.07, 6.45) is 0. The molecule has 0 bridgehead atoms. The zero-order valence-corrected chi connectivity index (χ0v) is 14.6. The topological polar surface area (TPSA) is 47.6 Å². The van der Waals surface area contributed by atoms with Crippen molar-refractivity contribution in [3.05, 3.63) is 48.0 Å². The molecule has 1 N–H and O–H groups in total. The van der Waals surface area contributed by atoms with Crippen LogP contribution in [0.25, 0.3) is 0 Å². The van der Waals surface area contributed by atoms with Crippen LogP contribution in [0.5, 0.6) is 11.5 Å². The summed E-state index contributed by atoms with van der Waals surface area (Å²) in [6.45, 7) is 3.86. The maximum absolute atomic E-state index is 12.4. The molecule has 4 nitrogen and oxygen atoms in total. The van der Waals surface area contributed by atoms with Crippen LogP contribution in [-0.2, 0) is 4.79 Å². The largest absolute Gasteiger partial charge is 0.497 e. The lowest BCUT2D eigenvalue weighted by molar-refractivity contribution is -0.115. The number of nitrogens with one attached hydrogen (secondary N) is 1. The first kappa shape index (κ1) is 17.2. The van der Waals surface area contributed by atoms with Crippen molar-refractivity contribution < 1.29 is 14.3 Å². The van der Waals surface area contributed by atoms with Gasteiger partial charge in [-0.2, -0.15) is 0 Å². The van der Waals surface area contributed by atoms with Crippen LogP contribution >= 0.6 is 11.8 Å². The lowest BCUT2D eigenvalue weighted by atomic mass is 10.2. The Morgan fingerprint density at radius 2 is 1.78 bits per heavy atom. The van der Waals surface area contributed by atoms with Gasteiger partial charge in [-0.15, -0.1) is 11.8 Å². The van der Waals surface area contributed by atoms with Crippen LogP contribution in [0.3, 0.4) is 0 Å². The first-order chi connectivity index (χ1) is 11.0. The van der Waals surface area contributed by atoms with E-state index in [4.69, 9.17) is 9.47 Å². The van der Waals surface area contributed by atoms with E-state index in [2.05, 4.69) is 5.32 Å². The lowest BCUT2D eigenvalue weighted by Crippen LogP contribution is -2.22. The molecule has 0 saturated carbocycles. The van der Waals surface area contributed by atoms with Crippen molar-refractivity contribution >= 4 is 23.4 Å². The molecule has 0 aliphatic carbocycles. The molecule has 1 amide bonds. The zero-order valence-electron chi connectivity index (χ0n) is 13.8. The number of methoxy groups -OCH3 is 2. The normalized spacial score (nSPS) is 11.7. The first-order valence-corrected chi connectivity index (χ1v) is 8.17. The van der Waals surface area contributed by atoms with Gasteiger partial charge in [-0.25, -0.2) is 0 Å². The summed E-state index contributed by atoms with van der Waals surface area (Å²) < 4.78 is 10.4. The summed E-state index contributed by atoms with van der Waals surface area (Å²) in [7, 11) is 3.23. The fourth-order valence-corrected chi connectivity index (χ4v) is 2.93. The number of anilines is 1. The minimum atomic E-state index is -0.228. The number of hydrogen-bond acceptors (Lipinski definition) is 4. The molecule has 1 atom stereocenters. The van der Waals surface area contributed by atoms with Crippen LogP contribution in [0.2, 0.25) is 0 Å². The van der Waals surface area contributed by atoms with Crippen molar-refractivity contribution in [2.24, 2.45) is 0 Å². The number of aryl methyl sites for hydroxylation is 1. The van der Waals surface area contributed by atoms with Gasteiger partial charge in [-0.1, -0.05) is 6.07 Å². The van der Waals surface area contributed by atoms with Gasteiger partial charge in [0.1, 0.15) is 11.5 Å².